The van der Waals surface area contributed by atoms with E-state index in [0.717, 1.165) is 116 Å². The molecule has 64 heavy (non-hydrogen) atoms. The van der Waals surface area contributed by atoms with Gasteiger partial charge in [-0.1, -0.05) is 162 Å². The van der Waals surface area contributed by atoms with Crippen LogP contribution in [-0.2, 0) is 23.8 Å². The van der Waals surface area contributed by atoms with Crippen molar-refractivity contribution in [3.63, 3.8) is 0 Å². The number of aliphatic hydroxyl groups excluding tert-OH is 1. The highest BCUT2D eigenvalue weighted by molar-refractivity contribution is 5.69. The number of esters is 2. The molecule has 1 heterocycles. The predicted molar refractivity (Wildman–Crippen MR) is 267 cm³/mol. The number of carbonyl (C=O) groups is 3. The molecule has 0 aromatic carbocycles. The highest BCUT2D eigenvalue weighted by Crippen LogP contribution is 2.20. The maximum absolute atomic E-state index is 12.9. The van der Waals surface area contributed by atoms with Crippen LogP contribution in [0.5, 0.6) is 0 Å². The first-order chi connectivity index (χ1) is 31.0. The van der Waals surface area contributed by atoms with Crippen LogP contribution in [0.2, 0.25) is 0 Å². The van der Waals surface area contributed by atoms with E-state index in [1.165, 1.54) is 109 Å². The monoisotopic (exact) mass is 908 g/mol. The van der Waals surface area contributed by atoms with Crippen molar-refractivity contribution in [3.8, 4) is 0 Å². The number of rotatable bonds is 43. The quantitative estimate of drug-likeness (QED) is 0.0363. The minimum atomic E-state index is -0.550. The van der Waals surface area contributed by atoms with Crippen molar-refractivity contribution in [1.82, 2.24) is 14.7 Å². The number of aliphatic hydroxyl groups is 1. The maximum atomic E-state index is 12.9. The third-order valence-electron chi connectivity index (χ3n) is 12.9. The molecule has 1 N–H and O–H groups in total. The molecule has 1 fully saturated rings. The Morgan fingerprint density at radius 1 is 0.578 bits per heavy atom. The van der Waals surface area contributed by atoms with E-state index in [9.17, 15) is 19.5 Å². The lowest BCUT2D eigenvalue weighted by Crippen LogP contribution is -2.57. The standard InChI is InChI=1S/C54H105N3O7/c1-7-10-13-16-19-20-21-27-35-46-62-51(59)38-32-28-34-41-55(42-43-56-44-45-57(47-49(56)48-58)53(61)64-54(4,5)6)40-33-26-22-25-31-39-52(60)63-50(36-29-23-17-14-11-8-2)37-30-24-18-15-12-9-3/h49-50,58H,7-48H2,1-6H3/t49-/m1/s1. The van der Waals surface area contributed by atoms with Gasteiger partial charge in [-0.3, -0.25) is 14.5 Å². The van der Waals surface area contributed by atoms with Gasteiger partial charge in [0.25, 0.3) is 0 Å². The van der Waals surface area contributed by atoms with Crippen molar-refractivity contribution in [2.24, 2.45) is 0 Å². The van der Waals surface area contributed by atoms with Gasteiger partial charge in [-0.25, -0.2) is 4.79 Å². The topological polar surface area (TPSA) is 109 Å². The Kier molecular flexibility index (Phi) is 38.8. The van der Waals surface area contributed by atoms with Gasteiger partial charge in [0.05, 0.1) is 19.3 Å². The number of ether oxygens (including phenoxy) is 3. The SMILES string of the molecule is CCCCCCCCCCCOC(=O)CCCCCN(CCCCCCCC(=O)OC(CCCCCCCC)CCCCCCCC)CCN1CCN(C(=O)OC(C)(C)C)C[C@@H]1CO. The largest absolute Gasteiger partial charge is 0.466 e. The Morgan fingerprint density at radius 3 is 1.55 bits per heavy atom. The van der Waals surface area contributed by atoms with Crippen LogP contribution in [0.15, 0.2) is 0 Å². The summed E-state index contributed by atoms with van der Waals surface area (Å²) in [6.45, 7) is 18.4. The second-order valence-corrected chi connectivity index (χ2v) is 20.2. The van der Waals surface area contributed by atoms with E-state index in [-0.39, 0.29) is 36.8 Å². The highest BCUT2D eigenvalue weighted by atomic mass is 16.6. The second-order valence-electron chi connectivity index (χ2n) is 20.2. The van der Waals surface area contributed by atoms with Crippen molar-refractivity contribution in [2.45, 2.75) is 271 Å². The zero-order chi connectivity index (χ0) is 46.9. The summed E-state index contributed by atoms with van der Waals surface area (Å²) in [5.74, 6) is -0.0697. The van der Waals surface area contributed by atoms with E-state index >= 15 is 0 Å². The average Bonchev–Trinajstić information content (AvgIpc) is 3.26. The van der Waals surface area contributed by atoms with E-state index in [1.807, 2.05) is 20.8 Å². The summed E-state index contributed by atoms with van der Waals surface area (Å²) in [6.07, 6.45) is 37.5. The lowest BCUT2D eigenvalue weighted by atomic mass is 10.0. The fourth-order valence-electron chi connectivity index (χ4n) is 8.86. The van der Waals surface area contributed by atoms with Gasteiger partial charge in [-0.05, 0) is 91.6 Å². The predicted octanol–water partition coefficient (Wildman–Crippen LogP) is 13.6. The molecule has 1 aliphatic rings. The van der Waals surface area contributed by atoms with E-state index in [2.05, 4.69) is 30.6 Å². The third-order valence-corrected chi connectivity index (χ3v) is 12.9. The van der Waals surface area contributed by atoms with Gasteiger partial charge in [-0.15, -0.1) is 0 Å². The van der Waals surface area contributed by atoms with Crippen LogP contribution in [0.1, 0.15) is 253 Å². The number of piperazine rings is 1. The fraction of sp³-hybridized carbons (Fsp3) is 0.944. The van der Waals surface area contributed by atoms with Crippen LogP contribution in [-0.4, -0.2) is 115 Å². The van der Waals surface area contributed by atoms with Crippen molar-refractivity contribution >= 4 is 18.0 Å². The van der Waals surface area contributed by atoms with Gasteiger partial charge >= 0.3 is 18.0 Å². The van der Waals surface area contributed by atoms with Gasteiger partial charge in [0.1, 0.15) is 11.7 Å². The summed E-state index contributed by atoms with van der Waals surface area (Å²) >= 11 is 0. The zero-order valence-electron chi connectivity index (χ0n) is 43.1. The Balaban J connectivity index is 2.52. The summed E-state index contributed by atoms with van der Waals surface area (Å²) in [7, 11) is 0. The Labute approximate surface area is 395 Å². The molecule has 378 valence electrons. The molecule has 0 aromatic heterocycles. The van der Waals surface area contributed by atoms with Gasteiger partial charge in [0, 0.05) is 45.6 Å². The molecular weight excluding hydrogens is 803 g/mol. The smallest absolute Gasteiger partial charge is 0.410 e. The van der Waals surface area contributed by atoms with Crippen molar-refractivity contribution in [2.75, 3.05) is 59.0 Å². The highest BCUT2D eigenvalue weighted by Gasteiger charge is 2.31. The first kappa shape index (κ1) is 60.1. The first-order valence-electron chi connectivity index (χ1n) is 27.4. The summed E-state index contributed by atoms with van der Waals surface area (Å²) in [4.78, 5) is 44.7. The van der Waals surface area contributed by atoms with Crippen LogP contribution in [0.25, 0.3) is 0 Å². The van der Waals surface area contributed by atoms with E-state index in [1.54, 1.807) is 4.90 Å². The summed E-state index contributed by atoms with van der Waals surface area (Å²) in [6, 6.07) is -0.113. The van der Waals surface area contributed by atoms with Crippen molar-refractivity contribution < 1.29 is 33.7 Å². The lowest BCUT2D eigenvalue weighted by molar-refractivity contribution is -0.150. The third kappa shape index (κ3) is 35.3. The van der Waals surface area contributed by atoms with Crippen LogP contribution >= 0.6 is 0 Å². The molecule has 1 amide bonds. The Bertz CT molecular complexity index is 1090. The molecular formula is C54H105N3O7. The molecule has 0 bridgehead atoms. The van der Waals surface area contributed by atoms with Gasteiger partial charge in [-0.2, -0.15) is 0 Å². The molecule has 0 unspecified atom stereocenters. The number of amides is 1. The van der Waals surface area contributed by atoms with E-state index in [4.69, 9.17) is 14.2 Å². The molecule has 1 saturated heterocycles. The second kappa shape index (κ2) is 41.3. The molecule has 0 radical (unpaired) electrons. The minimum absolute atomic E-state index is 0.000964. The number of hydrogen-bond acceptors (Lipinski definition) is 9. The maximum Gasteiger partial charge on any atom is 0.410 e. The lowest BCUT2D eigenvalue weighted by Gasteiger charge is -2.41. The molecule has 0 aromatic rings. The number of hydrogen-bond donors (Lipinski definition) is 1. The molecule has 1 rings (SSSR count). The Hall–Kier alpha value is -1.91. The first-order valence-corrected chi connectivity index (χ1v) is 27.4. The van der Waals surface area contributed by atoms with Crippen LogP contribution in [0, 0.1) is 0 Å². The van der Waals surface area contributed by atoms with Gasteiger partial charge in [0.2, 0.25) is 0 Å². The minimum Gasteiger partial charge on any atom is -0.466 e. The summed E-state index contributed by atoms with van der Waals surface area (Å²) in [5, 5.41) is 10.3. The summed E-state index contributed by atoms with van der Waals surface area (Å²) < 4.78 is 17.3. The zero-order valence-corrected chi connectivity index (χ0v) is 43.1. The van der Waals surface area contributed by atoms with Gasteiger partial charge in [0.15, 0.2) is 0 Å². The fourth-order valence-corrected chi connectivity index (χ4v) is 8.86. The Morgan fingerprint density at radius 2 is 1.03 bits per heavy atom. The number of carbonyl (C=O) groups excluding carboxylic acids is 3. The number of unbranched alkanes of at least 4 members (excludes halogenated alkanes) is 24. The van der Waals surface area contributed by atoms with E-state index < -0.39 is 5.60 Å². The normalized spacial score (nSPS) is 14.8. The molecule has 0 aliphatic carbocycles. The van der Waals surface area contributed by atoms with Crippen LogP contribution in [0.3, 0.4) is 0 Å². The molecule has 10 heteroatoms. The molecule has 10 nitrogen and oxygen atoms in total. The molecule has 1 aliphatic heterocycles. The van der Waals surface area contributed by atoms with Crippen LogP contribution < -0.4 is 0 Å². The van der Waals surface area contributed by atoms with E-state index in [0.29, 0.717) is 39.1 Å². The van der Waals surface area contributed by atoms with Crippen molar-refractivity contribution in [3.05, 3.63) is 0 Å². The molecule has 0 saturated carbocycles. The summed E-state index contributed by atoms with van der Waals surface area (Å²) in [5.41, 5.74) is -0.550. The molecule has 1 atom stereocenters. The molecule has 0 spiro atoms. The van der Waals surface area contributed by atoms with Crippen LogP contribution in [0.4, 0.5) is 4.79 Å². The van der Waals surface area contributed by atoms with Gasteiger partial charge < -0.3 is 29.1 Å². The number of nitrogens with zero attached hydrogens (tertiary/aromatic N) is 3. The van der Waals surface area contributed by atoms with Crippen molar-refractivity contribution in [1.29, 1.82) is 0 Å². The average molecular weight is 908 g/mol.